The van der Waals surface area contributed by atoms with Gasteiger partial charge in [-0.15, -0.1) is 11.8 Å². The maximum atomic E-state index is 12.7. The monoisotopic (exact) mass is 418 g/mol. The van der Waals surface area contributed by atoms with E-state index in [-0.39, 0.29) is 11.9 Å². The highest BCUT2D eigenvalue weighted by molar-refractivity contribution is 8.14. The lowest BCUT2D eigenvalue weighted by atomic mass is 10.1. The number of methoxy groups -OCH3 is 1. The third kappa shape index (κ3) is 3.45. The average Bonchev–Trinajstić information content (AvgIpc) is 3.52. The zero-order valence-corrected chi connectivity index (χ0v) is 17.4. The van der Waals surface area contributed by atoms with E-state index >= 15 is 0 Å². The molecular formula is C23H22N4O2S. The van der Waals surface area contributed by atoms with Crippen LogP contribution in [0.3, 0.4) is 0 Å². The van der Waals surface area contributed by atoms with Gasteiger partial charge in [-0.3, -0.25) is 9.79 Å². The molecule has 0 radical (unpaired) electrons. The summed E-state index contributed by atoms with van der Waals surface area (Å²) in [5, 5.41) is 6.25. The van der Waals surface area contributed by atoms with Crippen LogP contribution in [0.2, 0.25) is 0 Å². The maximum absolute atomic E-state index is 12.7. The molecule has 4 aromatic rings. The van der Waals surface area contributed by atoms with Gasteiger partial charge in [0.05, 0.1) is 12.2 Å². The summed E-state index contributed by atoms with van der Waals surface area (Å²) in [6.07, 6.45) is 4.67. The number of thioether (sulfide) groups is 1. The first-order valence-corrected chi connectivity index (χ1v) is 10.9. The molecule has 1 atom stereocenters. The fraction of sp³-hybridized carbons (Fsp3) is 0.217. The fourth-order valence-electron chi connectivity index (χ4n) is 3.86. The Morgan fingerprint density at radius 1 is 1.20 bits per heavy atom. The molecule has 0 spiro atoms. The Morgan fingerprint density at radius 3 is 3.00 bits per heavy atom. The highest BCUT2D eigenvalue weighted by Crippen LogP contribution is 2.28. The van der Waals surface area contributed by atoms with Gasteiger partial charge in [-0.05, 0) is 42.3 Å². The Bertz CT molecular complexity index is 1260. The number of nitrogens with one attached hydrogen (secondary N) is 3. The van der Waals surface area contributed by atoms with E-state index in [4.69, 9.17) is 9.73 Å². The van der Waals surface area contributed by atoms with Gasteiger partial charge in [-0.2, -0.15) is 0 Å². The van der Waals surface area contributed by atoms with Gasteiger partial charge in [0.15, 0.2) is 0 Å². The Morgan fingerprint density at radius 2 is 2.10 bits per heavy atom. The Kier molecular flexibility index (Phi) is 4.96. The molecule has 0 saturated heterocycles. The summed E-state index contributed by atoms with van der Waals surface area (Å²) in [5.41, 5.74) is 4.40. The lowest BCUT2D eigenvalue weighted by Gasteiger charge is -2.08. The van der Waals surface area contributed by atoms with Crippen molar-refractivity contribution in [3.8, 4) is 5.75 Å². The molecule has 2 aromatic heterocycles. The molecule has 5 rings (SSSR count). The predicted octanol–water partition coefficient (Wildman–Crippen LogP) is 3.88. The van der Waals surface area contributed by atoms with E-state index in [1.807, 2.05) is 42.7 Å². The molecule has 0 aliphatic carbocycles. The molecule has 0 fully saturated rings. The van der Waals surface area contributed by atoms with Crippen molar-refractivity contribution in [3.05, 3.63) is 66.0 Å². The van der Waals surface area contributed by atoms with Crippen LogP contribution in [-0.4, -0.2) is 46.4 Å². The van der Waals surface area contributed by atoms with Crippen LogP contribution >= 0.6 is 11.8 Å². The molecule has 0 unspecified atom stereocenters. The molecule has 30 heavy (non-hydrogen) atoms. The Labute approximate surface area is 178 Å². The van der Waals surface area contributed by atoms with Gasteiger partial charge in [-0.1, -0.05) is 12.1 Å². The number of ether oxygens (including phenoxy) is 1. The minimum atomic E-state index is -0.345. The van der Waals surface area contributed by atoms with Crippen molar-refractivity contribution >= 4 is 44.5 Å². The van der Waals surface area contributed by atoms with Crippen LogP contribution < -0.4 is 10.1 Å². The second kappa shape index (κ2) is 7.91. The normalized spacial score (nSPS) is 16.2. The van der Waals surface area contributed by atoms with Crippen molar-refractivity contribution in [2.24, 2.45) is 4.99 Å². The van der Waals surface area contributed by atoms with Crippen LogP contribution in [0.5, 0.6) is 5.75 Å². The average molecular weight is 419 g/mol. The van der Waals surface area contributed by atoms with E-state index < -0.39 is 0 Å². The summed E-state index contributed by atoms with van der Waals surface area (Å²) in [6, 6.07) is 13.8. The number of aliphatic imine (C=N–C) groups is 1. The van der Waals surface area contributed by atoms with E-state index in [1.165, 1.54) is 0 Å². The molecule has 2 aromatic carbocycles. The third-order valence-electron chi connectivity index (χ3n) is 5.45. The number of H-pyrrole nitrogens is 2. The van der Waals surface area contributed by atoms with Gasteiger partial charge >= 0.3 is 0 Å². The zero-order chi connectivity index (χ0) is 20.5. The van der Waals surface area contributed by atoms with Crippen molar-refractivity contribution in [1.29, 1.82) is 0 Å². The minimum absolute atomic E-state index is 0.0174. The number of hydrogen-bond acceptors (Lipinski definition) is 4. The van der Waals surface area contributed by atoms with Gasteiger partial charge in [0.25, 0.3) is 0 Å². The Balaban J connectivity index is 1.24. The SMILES string of the molecule is COc1ccc2[nH]cc(CCNC(=O)[C@@H]3CSC(c4cccc5[nH]ccc45)=N3)c2c1. The first kappa shape index (κ1) is 18.8. The highest BCUT2D eigenvalue weighted by atomic mass is 32.2. The molecule has 7 heteroatoms. The van der Waals surface area contributed by atoms with Gasteiger partial charge in [0.2, 0.25) is 5.91 Å². The number of carbonyl (C=O) groups excluding carboxylic acids is 1. The summed E-state index contributed by atoms with van der Waals surface area (Å²) in [7, 11) is 1.67. The molecule has 1 aliphatic heterocycles. The van der Waals surface area contributed by atoms with E-state index in [9.17, 15) is 4.79 Å². The zero-order valence-electron chi connectivity index (χ0n) is 16.6. The lowest BCUT2D eigenvalue weighted by molar-refractivity contribution is -0.121. The van der Waals surface area contributed by atoms with Crippen molar-refractivity contribution in [1.82, 2.24) is 15.3 Å². The fourth-order valence-corrected chi connectivity index (χ4v) is 4.93. The lowest BCUT2D eigenvalue weighted by Crippen LogP contribution is -2.35. The summed E-state index contributed by atoms with van der Waals surface area (Å²) >= 11 is 1.64. The summed E-state index contributed by atoms with van der Waals surface area (Å²) in [5.74, 6) is 1.48. The second-order valence-corrected chi connectivity index (χ2v) is 8.28. The highest BCUT2D eigenvalue weighted by Gasteiger charge is 2.26. The summed E-state index contributed by atoms with van der Waals surface area (Å²) in [4.78, 5) is 23.9. The number of hydrogen-bond donors (Lipinski definition) is 3. The summed E-state index contributed by atoms with van der Waals surface area (Å²) < 4.78 is 5.32. The van der Waals surface area contributed by atoms with E-state index in [1.54, 1.807) is 18.9 Å². The van der Waals surface area contributed by atoms with Crippen molar-refractivity contribution in [2.75, 3.05) is 19.4 Å². The van der Waals surface area contributed by atoms with Crippen molar-refractivity contribution < 1.29 is 9.53 Å². The van der Waals surface area contributed by atoms with Crippen molar-refractivity contribution in [3.63, 3.8) is 0 Å². The number of aromatic amines is 2. The second-order valence-electron chi connectivity index (χ2n) is 7.27. The molecule has 3 N–H and O–H groups in total. The first-order chi connectivity index (χ1) is 14.7. The number of nitrogens with zero attached hydrogens (tertiary/aromatic N) is 1. The number of carbonyl (C=O) groups is 1. The molecule has 1 aliphatic rings. The molecule has 152 valence electrons. The molecule has 6 nitrogen and oxygen atoms in total. The molecular weight excluding hydrogens is 396 g/mol. The van der Waals surface area contributed by atoms with Crippen molar-refractivity contribution in [2.45, 2.75) is 12.5 Å². The smallest absolute Gasteiger partial charge is 0.245 e. The van der Waals surface area contributed by atoms with Crippen LogP contribution in [-0.2, 0) is 11.2 Å². The molecule has 1 amide bonds. The van der Waals surface area contributed by atoms with Crippen LogP contribution in [0.15, 0.2) is 59.9 Å². The number of amides is 1. The van der Waals surface area contributed by atoms with Gasteiger partial charge in [0, 0.05) is 52.1 Å². The van der Waals surface area contributed by atoms with Gasteiger partial charge in [0.1, 0.15) is 11.8 Å². The van der Waals surface area contributed by atoms with Crippen LogP contribution in [0.1, 0.15) is 11.1 Å². The minimum Gasteiger partial charge on any atom is -0.497 e. The van der Waals surface area contributed by atoms with E-state index in [0.29, 0.717) is 12.3 Å². The first-order valence-electron chi connectivity index (χ1n) is 9.92. The molecule has 0 saturated carbocycles. The van der Waals surface area contributed by atoms with Gasteiger partial charge < -0.3 is 20.0 Å². The predicted molar refractivity (Wildman–Crippen MR) is 123 cm³/mol. The van der Waals surface area contributed by atoms with Crippen LogP contribution in [0.25, 0.3) is 21.8 Å². The maximum Gasteiger partial charge on any atom is 0.245 e. The van der Waals surface area contributed by atoms with Gasteiger partial charge in [-0.25, -0.2) is 0 Å². The van der Waals surface area contributed by atoms with E-state index in [0.717, 1.165) is 50.1 Å². The summed E-state index contributed by atoms with van der Waals surface area (Å²) in [6.45, 7) is 0.572. The number of rotatable bonds is 6. The quantitative estimate of drug-likeness (QED) is 0.444. The molecule has 0 bridgehead atoms. The Hall–Kier alpha value is -3.19. The third-order valence-corrected chi connectivity index (χ3v) is 6.53. The largest absolute Gasteiger partial charge is 0.497 e. The number of fused-ring (bicyclic) bond motifs is 2. The standard InChI is InChI=1S/C23H22N4O2S/c1-29-15-5-6-20-18(11-15)14(12-26-20)7-9-25-22(28)21-13-30-23(27-21)17-3-2-4-19-16(17)8-10-24-19/h2-6,8,10-12,21,24,26H,7,9,13H2,1H3,(H,25,28)/t21-/m0/s1. The number of benzene rings is 2. The van der Waals surface area contributed by atoms with Crippen LogP contribution in [0.4, 0.5) is 0 Å². The topological polar surface area (TPSA) is 82.3 Å². The molecule has 3 heterocycles. The van der Waals surface area contributed by atoms with Crippen LogP contribution in [0, 0.1) is 0 Å². The number of aromatic nitrogens is 2. The van der Waals surface area contributed by atoms with E-state index in [2.05, 4.69) is 27.4 Å².